The third kappa shape index (κ3) is 2.68. The zero-order chi connectivity index (χ0) is 10.7. The number of nitrogens with zero attached hydrogens (tertiary/aromatic N) is 2. The molecule has 1 atom stereocenters. The molecule has 0 aliphatic carbocycles. The first-order valence-corrected chi connectivity index (χ1v) is 6.73. The first-order valence-electron chi connectivity index (χ1n) is 5.69. The van der Waals surface area contributed by atoms with Crippen LogP contribution in [-0.2, 0) is 6.54 Å². The van der Waals surface area contributed by atoms with E-state index in [9.17, 15) is 0 Å². The van der Waals surface area contributed by atoms with Crippen molar-refractivity contribution in [2.24, 2.45) is 0 Å². The maximum Gasteiger partial charge on any atom is 0.203 e. The second-order valence-electron chi connectivity index (χ2n) is 4.01. The Morgan fingerprint density at radius 3 is 3.20 bits per heavy atom. The van der Waals surface area contributed by atoms with Crippen LogP contribution < -0.4 is 5.32 Å². The summed E-state index contributed by atoms with van der Waals surface area (Å²) in [6.45, 7) is 6.24. The molecule has 0 radical (unpaired) electrons. The van der Waals surface area contributed by atoms with Gasteiger partial charge in [-0.1, -0.05) is 0 Å². The molecule has 1 fully saturated rings. The molecule has 0 amide bonds. The summed E-state index contributed by atoms with van der Waals surface area (Å²) in [5.74, 6) is 2.36. The number of imidazole rings is 1. The molecule has 1 N–H and O–H groups in total. The van der Waals surface area contributed by atoms with Crippen LogP contribution in [-0.4, -0.2) is 27.1 Å². The van der Waals surface area contributed by atoms with Crippen molar-refractivity contribution < 1.29 is 0 Å². The van der Waals surface area contributed by atoms with Gasteiger partial charge in [0.2, 0.25) is 5.95 Å². The first kappa shape index (κ1) is 10.9. The zero-order valence-corrected chi connectivity index (χ0v) is 10.3. The molecule has 1 aromatic rings. The quantitative estimate of drug-likeness (QED) is 0.854. The zero-order valence-electron chi connectivity index (χ0n) is 9.49. The lowest BCUT2D eigenvalue weighted by Crippen LogP contribution is -2.16. The fraction of sp³-hybridized carbons (Fsp3) is 0.727. The Balaban J connectivity index is 1.91. The summed E-state index contributed by atoms with van der Waals surface area (Å²) >= 11 is 2.08. The van der Waals surface area contributed by atoms with E-state index in [0.29, 0.717) is 0 Å². The van der Waals surface area contributed by atoms with E-state index in [-0.39, 0.29) is 0 Å². The van der Waals surface area contributed by atoms with Crippen LogP contribution in [0, 0.1) is 6.92 Å². The molecular weight excluding hydrogens is 206 g/mol. The molecule has 0 saturated carbocycles. The molecule has 0 aromatic carbocycles. The van der Waals surface area contributed by atoms with Gasteiger partial charge in [0, 0.05) is 24.5 Å². The number of rotatable bonds is 4. The van der Waals surface area contributed by atoms with E-state index in [2.05, 4.69) is 39.8 Å². The fourth-order valence-corrected chi connectivity index (χ4v) is 3.14. The molecule has 84 valence electrons. The summed E-state index contributed by atoms with van der Waals surface area (Å²) < 4.78 is 2.18. The van der Waals surface area contributed by atoms with Crippen LogP contribution in [0.1, 0.15) is 25.5 Å². The predicted molar refractivity (Wildman–Crippen MR) is 66.6 cm³/mol. The third-order valence-corrected chi connectivity index (χ3v) is 4.15. The van der Waals surface area contributed by atoms with Crippen LogP contribution in [0.15, 0.2) is 6.20 Å². The lowest BCUT2D eigenvalue weighted by atomic mass is 10.2. The van der Waals surface area contributed by atoms with Gasteiger partial charge in [-0.15, -0.1) is 0 Å². The van der Waals surface area contributed by atoms with Gasteiger partial charge in [0.15, 0.2) is 0 Å². The average molecular weight is 225 g/mol. The van der Waals surface area contributed by atoms with Crippen LogP contribution in [0.2, 0.25) is 0 Å². The molecule has 1 aliphatic heterocycles. The molecule has 1 unspecified atom stereocenters. The second-order valence-corrected chi connectivity index (χ2v) is 5.42. The summed E-state index contributed by atoms with van der Waals surface area (Å²) in [6.07, 6.45) is 4.83. The van der Waals surface area contributed by atoms with Crippen molar-refractivity contribution in [3.63, 3.8) is 0 Å². The lowest BCUT2D eigenvalue weighted by Gasteiger charge is -2.11. The van der Waals surface area contributed by atoms with Gasteiger partial charge in [0.05, 0.1) is 5.69 Å². The van der Waals surface area contributed by atoms with Crippen molar-refractivity contribution in [3.8, 4) is 0 Å². The molecule has 3 nitrogen and oxygen atoms in total. The summed E-state index contributed by atoms with van der Waals surface area (Å²) in [7, 11) is 0. The number of aryl methyl sites for hydroxylation is 2. The Morgan fingerprint density at radius 2 is 2.53 bits per heavy atom. The Hall–Kier alpha value is -0.640. The van der Waals surface area contributed by atoms with Gasteiger partial charge < -0.3 is 9.88 Å². The van der Waals surface area contributed by atoms with Crippen LogP contribution in [0.5, 0.6) is 0 Å². The van der Waals surface area contributed by atoms with Crippen molar-refractivity contribution in [1.82, 2.24) is 9.55 Å². The Bertz CT molecular complexity index is 316. The number of anilines is 1. The van der Waals surface area contributed by atoms with Gasteiger partial charge >= 0.3 is 0 Å². The van der Waals surface area contributed by atoms with Crippen molar-refractivity contribution in [1.29, 1.82) is 0 Å². The predicted octanol–water partition coefficient (Wildman–Crippen LogP) is 2.52. The number of nitrogens with one attached hydrogen (secondary N) is 1. The molecule has 4 heteroatoms. The lowest BCUT2D eigenvalue weighted by molar-refractivity contribution is 0.749. The molecule has 15 heavy (non-hydrogen) atoms. The van der Waals surface area contributed by atoms with Crippen LogP contribution in [0.4, 0.5) is 5.95 Å². The monoisotopic (exact) mass is 225 g/mol. The van der Waals surface area contributed by atoms with Crippen molar-refractivity contribution >= 4 is 17.7 Å². The van der Waals surface area contributed by atoms with Gasteiger partial charge in [0.1, 0.15) is 0 Å². The number of thioether (sulfide) groups is 1. The van der Waals surface area contributed by atoms with Crippen LogP contribution in [0.25, 0.3) is 0 Å². The standard InChI is InChI=1S/C11H19N3S/c1-3-14-8-9(2)13-11(14)12-7-10-5-4-6-15-10/h8,10H,3-7H2,1-2H3,(H,12,13). The van der Waals surface area contributed by atoms with E-state index in [4.69, 9.17) is 0 Å². The largest absolute Gasteiger partial charge is 0.355 e. The molecule has 1 saturated heterocycles. The first-order chi connectivity index (χ1) is 7.29. The SMILES string of the molecule is CCn1cc(C)nc1NCC1CCCS1. The highest BCUT2D eigenvalue weighted by atomic mass is 32.2. The molecule has 2 heterocycles. The minimum Gasteiger partial charge on any atom is -0.355 e. The molecule has 1 aliphatic rings. The summed E-state index contributed by atoms with van der Waals surface area (Å²) in [6, 6.07) is 0. The summed E-state index contributed by atoms with van der Waals surface area (Å²) in [5, 5.41) is 4.24. The summed E-state index contributed by atoms with van der Waals surface area (Å²) in [5.41, 5.74) is 1.10. The molecule has 0 bridgehead atoms. The number of aromatic nitrogens is 2. The second kappa shape index (κ2) is 4.92. The van der Waals surface area contributed by atoms with Gasteiger partial charge in [-0.25, -0.2) is 4.98 Å². The maximum atomic E-state index is 4.49. The van der Waals surface area contributed by atoms with E-state index >= 15 is 0 Å². The van der Waals surface area contributed by atoms with Crippen LogP contribution in [0.3, 0.4) is 0 Å². The van der Waals surface area contributed by atoms with E-state index in [0.717, 1.165) is 30.0 Å². The molecule has 0 spiro atoms. The highest BCUT2D eigenvalue weighted by molar-refractivity contribution is 8.00. The average Bonchev–Trinajstić information content (AvgIpc) is 2.83. The van der Waals surface area contributed by atoms with E-state index in [1.807, 2.05) is 6.92 Å². The number of hydrogen-bond donors (Lipinski definition) is 1. The Morgan fingerprint density at radius 1 is 1.67 bits per heavy atom. The minimum absolute atomic E-state index is 0.785. The third-order valence-electron chi connectivity index (χ3n) is 2.75. The fourth-order valence-electron chi connectivity index (χ4n) is 1.94. The van der Waals surface area contributed by atoms with Gasteiger partial charge in [-0.05, 0) is 32.4 Å². The minimum atomic E-state index is 0.785. The Kier molecular flexibility index (Phi) is 3.57. The summed E-state index contributed by atoms with van der Waals surface area (Å²) in [4.78, 5) is 4.49. The van der Waals surface area contributed by atoms with E-state index in [1.165, 1.54) is 18.6 Å². The van der Waals surface area contributed by atoms with Crippen molar-refractivity contribution in [2.45, 2.75) is 38.5 Å². The maximum absolute atomic E-state index is 4.49. The van der Waals surface area contributed by atoms with E-state index in [1.54, 1.807) is 0 Å². The molecule has 2 rings (SSSR count). The highest BCUT2D eigenvalue weighted by Crippen LogP contribution is 2.26. The number of hydrogen-bond acceptors (Lipinski definition) is 3. The molecule has 1 aromatic heterocycles. The van der Waals surface area contributed by atoms with Crippen molar-refractivity contribution in [3.05, 3.63) is 11.9 Å². The van der Waals surface area contributed by atoms with E-state index < -0.39 is 0 Å². The van der Waals surface area contributed by atoms with Gasteiger partial charge in [0.25, 0.3) is 0 Å². The van der Waals surface area contributed by atoms with Gasteiger partial charge in [-0.2, -0.15) is 11.8 Å². The van der Waals surface area contributed by atoms with Crippen molar-refractivity contribution in [2.75, 3.05) is 17.6 Å². The highest BCUT2D eigenvalue weighted by Gasteiger charge is 2.15. The Labute approximate surface area is 95.7 Å². The smallest absolute Gasteiger partial charge is 0.203 e. The normalized spacial score (nSPS) is 20.8. The molecular formula is C11H19N3S. The van der Waals surface area contributed by atoms with Crippen LogP contribution >= 0.6 is 11.8 Å². The topological polar surface area (TPSA) is 29.9 Å². The van der Waals surface area contributed by atoms with Gasteiger partial charge in [-0.3, -0.25) is 0 Å².